The van der Waals surface area contributed by atoms with E-state index in [-0.39, 0.29) is 6.42 Å². The van der Waals surface area contributed by atoms with E-state index < -0.39 is 30.2 Å². The molecule has 0 aromatic heterocycles. The van der Waals surface area contributed by atoms with Crippen LogP contribution < -0.4 is 4.74 Å². The Hall–Kier alpha value is -0.790. The Morgan fingerprint density at radius 2 is 1.68 bits per heavy atom. The first-order valence-corrected chi connectivity index (χ1v) is 6.47. The van der Waals surface area contributed by atoms with Gasteiger partial charge in [-0.25, -0.2) is 0 Å². The fourth-order valence-electron chi connectivity index (χ4n) is 1.69. The summed E-state index contributed by atoms with van der Waals surface area (Å²) in [5, 5.41) is 36.8. The number of aliphatic hydroxyl groups is 4. The van der Waals surface area contributed by atoms with E-state index in [1.807, 2.05) is 0 Å². The van der Waals surface area contributed by atoms with Crippen molar-refractivity contribution in [1.29, 1.82) is 0 Å². The Morgan fingerprint density at radius 1 is 1.11 bits per heavy atom. The first-order chi connectivity index (χ1) is 8.99. The monoisotopic (exact) mass is 288 g/mol. The van der Waals surface area contributed by atoms with Crippen LogP contribution in [0.25, 0.3) is 0 Å². The molecule has 0 saturated heterocycles. The van der Waals surface area contributed by atoms with Gasteiger partial charge in [0.25, 0.3) is 0 Å². The number of ether oxygens (including phenoxy) is 1. The van der Waals surface area contributed by atoms with Crippen LogP contribution in [0.5, 0.6) is 5.75 Å². The zero-order valence-corrected chi connectivity index (χ0v) is 11.6. The molecule has 0 amide bonds. The van der Waals surface area contributed by atoms with Gasteiger partial charge in [-0.2, -0.15) is 12.6 Å². The maximum absolute atomic E-state index is 9.95. The van der Waals surface area contributed by atoms with Crippen LogP contribution in [0.15, 0.2) is 24.3 Å². The summed E-state index contributed by atoms with van der Waals surface area (Å²) in [4.78, 5) is 0. The second-order valence-corrected chi connectivity index (χ2v) is 4.95. The SMILES string of the molecule is COc1ccc(CC(O)[C@H](S)[C@@H](O)[C@@H](O)CO)cc1. The van der Waals surface area contributed by atoms with Crippen molar-refractivity contribution in [3.05, 3.63) is 29.8 Å². The first kappa shape index (κ1) is 16.3. The lowest BCUT2D eigenvalue weighted by atomic mass is 10.00. The van der Waals surface area contributed by atoms with E-state index in [0.29, 0.717) is 0 Å². The third kappa shape index (κ3) is 4.67. The number of hydrogen-bond acceptors (Lipinski definition) is 6. The summed E-state index contributed by atoms with van der Waals surface area (Å²) >= 11 is 4.09. The molecular formula is C13H20O5S. The maximum atomic E-state index is 9.95. The van der Waals surface area contributed by atoms with Gasteiger partial charge in [-0.15, -0.1) is 0 Å². The summed E-state index contributed by atoms with van der Waals surface area (Å²) in [6.07, 6.45) is -3.25. The van der Waals surface area contributed by atoms with E-state index in [1.165, 1.54) is 0 Å². The lowest BCUT2D eigenvalue weighted by Gasteiger charge is -2.26. The quantitative estimate of drug-likeness (QED) is 0.441. The van der Waals surface area contributed by atoms with Gasteiger partial charge in [-0.1, -0.05) is 12.1 Å². The van der Waals surface area contributed by atoms with Crippen LogP contribution in [0.1, 0.15) is 5.56 Å². The molecule has 0 aliphatic rings. The lowest BCUT2D eigenvalue weighted by molar-refractivity contribution is -0.0312. The molecule has 1 aromatic carbocycles. The van der Waals surface area contributed by atoms with E-state index >= 15 is 0 Å². The predicted octanol–water partition coefficient (Wildman–Crippen LogP) is -0.389. The second-order valence-electron chi connectivity index (χ2n) is 4.35. The average Bonchev–Trinajstić information content (AvgIpc) is 2.45. The Balaban J connectivity index is 2.59. The fourth-order valence-corrected chi connectivity index (χ4v) is 1.99. The molecule has 0 spiro atoms. The van der Waals surface area contributed by atoms with Gasteiger partial charge in [-0.3, -0.25) is 0 Å². The highest BCUT2D eigenvalue weighted by Gasteiger charge is 2.28. The summed E-state index contributed by atoms with van der Waals surface area (Å²) in [7, 11) is 1.57. The summed E-state index contributed by atoms with van der Waals surface area (Å²) in [6, 6.07) is 7.15. The number of methoxy groups -OCH3 is 1. The minimum absolute atomic E-state index is 0.285. The Kier molecular flexibility index (Phi) is 6.60. The molecule has 4 N–H and O–H groups in total. The Bertz CT molecular complexity index is 370. The molecule has 0 fully saturated rings. The van der Waals surface area contributed by atoms with E-state index in [4.69, 9.17) is 9.84 Å². The van der Waals surface area contributed by atoms with Gasteiger partial charge in [0.05, 0.1) is 31.2 Å². The van der Waals surface area contributed by atoms with Crippen LogP contribution in [0, 0.1) is 0 Å². The van der Waals surface area contributed by atoms with Crippen molar-refractivity contribution in [2.75, 3.05) is 13.7 Å². The number of aliphatic hydroxyl groups excluding tert-OH is 4. The molecule has 19 heavy (non-hydrogen) atoms. The normalized spacial score (nSPS) is 17.6. The van der Waals surface area contributed by atoms with Crippen molar-refractivity contribution in [3.8, 4) is 5.75 Å². The molecule has 1 rings (SSSR count). The van der Waals surface area contributed by atoms with Gasteiger partial charge < -0.3 is 25.2 Å². The van der Waals surface area contributed by atoms with Crippen molar-refractivity contribution >= 4 is 12.6 Å². The van der Waals surface area contributed by atoms with Crippen molar-refractivity contribution in [3.63, 3.8) is 0 Å². The molecule has 0 heterocycles. The molecule has 0 aliphatic heterocycles. The van der Waals surface area contributed by atoms with Crippen LogP contribution in [-0.2, 0) is 6.42 Å². The maximum Gasteiger partial charge on any atom is 0.118 e. The summed E-state index contributed by atoms with van der Waals surface area (Å²) in [5.41, 5.74) is 0.859. The third-order valence-electron chi connectivity index (χ3n) is 2.93. The molecule has 108 valence electrons. The summed E-state index contributed by atoms with van der Waals surface area (Å²) in [6.45, 7) is -0.576. The van der Waals surface area contributed by atoms with Gasteiger partial charge >= 0.3 is 0 Å². The molecule has 1 aromatic rings. The average molecular weight is 288 g/mol. The van der Waals surface area contributed by atoms with Crippen molar-refractivity contribution < 1.29 is 25.2 Å². The topological polar surface area (TPSA) is 90.2 Å². The highest BCUT2D eigenvalue weighted by molar-refractivity contribution is 7.81. The van der Waals surface area contributed by atoms with Crippen LogP contribution in [0.2, 0.25) is 0 Å². The molecule has 5 nitrogen and oxygen atoms in total. The van der Waals surface area contributed by atoms with Crippen LogP contribution in [0.4, 0.5) is 0 Å². The van der Waals surface area contributed by atoms with Gasteiger partial charge in [0.15, 0.2) is 0 Å². The molecule has 0 saturated carbocycles. The van der Waals surface area contributed by atoms with Gasteiger partial charge in [0.1, 0.15) is 11.9 Å². The van der Waals surface area contributed by atoms with Crippen LogP contribution >= 0.6 is 12.6 Å². The predicted molar refractivity (Wildman–Crippen MR) is 74.6 cm³/mol. The molecule has 6 heteroatoms. The molecule has 1 unspecified atom stereocenters. The second kappa shape index (κ2) is 7.72. The van der Waals surface area contributed by atoms with E-state index in [0.717, 1.165) is 11.3 Å². The summed E-state index contributed by atoms with van der Waals surface area (Å²) < 4.78 is 5.03. The molecule has 0 radical (unpaired) electrons. The largest absolute Gasteiger partial charge is 0.497 e. The lowest BCUT2D eigenvalue weighted by Crippen LogP contribution is -2.43. The zero-order valence-electron chi connectivity index (χ0n) is 10.7. The standard InChI is InChI=1S/C13H20O5S/c1-18-9-4-2-8(3-5-9)6-10(15)13(19)12(17)11(16)7-14/h2-5,10-17,19H,6-7H2,1H3/t10?,11-,12-,13-/m0/s1. The van der Waals surface area contributed by atoms with E-state index in [2.05, 4.69) is 12.6 Å². The fraction of sp³-hybridized carbons (Fsp3) is 0.538. The first-order valence-electron chi connectivity index (χ1n) is 5.95. The van der Waals surface area contributed by atoms with E-state index in [1.54, 1.807) is 31.4 Å². The van der Waals surface area contributed by atoms with Crippen LogP contribution in [0.3, 0.4) is 0 Å². The van der Waals surface area contributed by atoms with Gasteiger partial charge in [-0.05, 0) is 24.1 Å². The van der Waals surface area contributed by atoms with Gasteiger partial charge in [0, 0.05) is 0 Å². The smallest absolute Gasteiger partial charge is 0.118 e. The number of hydrogen-bond donors (Lipinski definition) is 5. The summed E-state index contributed by atoms with van der Waals surface area (Å²) in [5.74, 6) is 0.719. The Morgan fingerprint density at radius 3 is 2.16 bits per heavy atom. The van der Waals surface area contributed by atoms with Crippen molar-refractivity contribution in [2.45, 2.75) is 30.0 Å². The van der Waals surface area contributed by atoms with Crippen molar-refractivity contribution in [1.82, 2.24) is 0 Å². The van der Waals surface area contributed by atoms with Crippen molar-refractivity contribution in [2.24, 2.45) is 0 Å². The molecule has 0 aliphatic carbocycles. The highest BCUT2D eigenvalue weighted by Crippen LogP contribution is 2.18. The van der Waals surface area contributed by atoms with Gasteiger partial charge in [0.2, 0.25) is 0 Å². The minimum Gasteiger partial charge on any atom is -0.497 e. The molecule has 4 atom stereocenters. The number of rotatable bonds is 7. The number of benzene rings is 1. The Labute approximate surface area is 117 Å². The number of thiol groups is 1. The highest BCUT2D eigenvalue weighted by atomic mass is 32.1. The zero-order chi connectivity index (χ0) is 14.4. The third-order valence-corrected chi connectivity index (χ3v) is 3.58. The minimum atomic E-state index is -1.31. The molecule has 0 bridgehead atoms. The van der Waals surface area contributed by atoms with Crippen LogP contribution in [-0.4, -0.2) is 57.7 Å². The van der Waals surface area contributed by atoms with E-state index in [9.17, 15) is 15.3 Å². The molecular weight excluding hydrogens is 268 g/mol.